The third-order valence-corrected chi connectivity index (χ3v) is 3.40. The lowest BCUT2D eigenvalue weighted by Gasteiger charge is -2.17. The maximum atomic E-state index is 11.1. The summed E-state index contributed by atoms with van der Waals surface area (Å²) in [6.07, 6.45) is 6.52. The average molecular weight is 321 g/mol. The zero-order valence-electron chi connectivity index (χ0n) is 13.0. The van der Waals surface area contributed by atoms with Gasteiger partial charge in [0.1, 0.15) is 5.69 Å². The molecule has 0 amide bonds. The van der Waals surface area contributed by atoms with Gasteiger partial charge in [0.15, 0.2) is 0 Å². The highest BCUT2D eigenvalue weighted by Crippen LogP contribution is 2.17. The van der Waals surface area contributed by atoms with Gasteiger partial charge in [-0.2, -0.15) is 0 Å². The molecule has 7 heteroatoms. The summed E-state index contributed by atoms with van der Waals surface area (Å²) in [5, 5.41) is 9.07. The number of nitrogens with zero attached hydrogens (tertiary/aromatic N) is 5. The summed E-state index contributed by atoms with van der Waals surface area (Å²) in [4.78, 5) is 29.9. The molecule has 1 aromatic carbocycles. The molecule has 0 saturated carbocycles. The molecule has 0 bridgehead atoms. The number of carbonyl (C=O) groups is 1. The predicted octanol–water partition coefficient (Wildman–Crippen LogP) is 2.27. The number of aromatic carboxylic acids is 1. The summed E-state index contributed by atoms with van der Waals surface area (Å²) < 4.78 is 0. The van der Waals surface area contributed by atoms with Crippen LogP contribution >= 0.6 is 0 Å². The van der Waals surface area contributed by atoms with Crippen LogP contribution in [0.3, 0.4) is 0 Å². The number of aromatic nitrogens is 4. The molecule has 1 N–H and O–H groups in total. The second-order valence-electron chi connectivity index (χ2n) is 5.19. The Labute approximate surface area is 138 Å². The van der Waals surface area contributed by atoms with Gasteiger partial charge in [-0.3, -0.25) is 9.97 Å². The number of hydrogen-bond acceptors (Lipinski definition) is 6. The smallest absolute Gasteiger partial charge is 0.335 e. The van der Waals surface area contributed by atoms with E-state index in [-0.39, 0.29) is 5.56 Å². The van der Waals surface area contributed by atoms with Gasteiger partial charge in [0.25, 0.3) is 0 Å². The maximum absolute atomic E-state index is 11.1. The number of rotatable bonds is 5. The Bertz CT molecular complexity index is 854. The summed E-state index contributed by atoms with van der Waals surface area (Å²) in [5.74, 6) is -0.417. The van der Waals surface area contributed by atoms with E-state index in [0.717, 1.165) is 5.56 Å². The van der Waals surface area contributed by atoms with E-state index in [9.17, 15) is 4.79 Å². The number of carboxylic acid groups (broad SMARTS) is 1. The van der Waals surface area contributed by atoms with Gasteiger partial charge >= 0.3 is 5.97 Å². The first-order valence-corrected chi connectivity index (χ1v) is 7.26. The number of hydrogen-bond donors (Lipinski definition) is 1. The van der Waals surface area contributed by atoms with Crippen LogP contribution in [0.1, 0.15) is 15.9 Å². The van der Waals surface area contributed by atoms with Crippen molar-refractivity contribution < 1.29 is 9.90 Å². The molecule has 0 aliphatic rings. The van der Waals surface area contributed by atoms with Crippen LogP contribution in [0.25, 0.3) is 11.4 Å². The standard InChI is InChI=1S/C17H15N5O2/c1-22(11-12-3-2-4-13(9-12)16(23)24)17-20-6-5-14(21-17)15-10-18-7-8-19-15/h2-10H,11H2,1H3,(H,23,24). The molecule has 0 radical (unpaired) electrons. The van der Waals surface area contributed by atoms with Crippen LogP contribution in [-0.2, 0) is 6.54 Å². The van der Waals surface area contributed by atoms with E-state index in [2.05, 4.69) is 19.9 Å². The van der Waals surface area contributed by atoms with Crippen molar-refractivity contribution >= 4 is 11.9 Å². The molecule has 24 heavy (non-hydrogen) atoms. The zero-order chi connectivity index (χ0) is 16.9. The second-order valence-corrected chi connectivity index (χ2v) is 5.19. The summed E-state index contributed by atoms with van der Waals surface area (Å²) in [6.45, 7) is 0.491. The molecule has 0 fully saturated rings. The first-order chi connectivity index (χ1) is 11.6. The minimum Gasteiger partial charge on any atom is -0.478 e. The van der Waals surface area contributed by atoms with Crippen molar-refractivity contribution in [1.82, 2.24) is 19.9 Å². The van der Waals surface area contributed by atoms with E-state index < -0.39 is 5.97 Å². The Kier molecular flexibility index (Phi) is 4.42. The first-order valence-electron chi connectivity index (χ1n) is 7.26. The second kappa shape index (κ2) is 6.82. The molecule has 0 aliphatic carbocycles. The van der Waals surface area contributed by atoms with Crippen LogP contribution in [-0.4, -0.2) is 38.1 Å². The molecule has 3 rings (SSSR count). The minimum absolute atomic E-state index is 0.259. The minimum atomic E-state index is -0.944. The highest BCUT2D eigenvalue weighted by Gasteiger charge is 2.10. The highest BCUT2D eigenvalue weighted by atomic mass is 16.4. The Morgan fingerprint density at radius 1 is 1.12 bits per heavy atom. The number of anilines is 1. The van der Waals surface area contributed by atoms with Gasteiger partial charge in [0.2, 0.25) is 5.95 Å². The van der Waals surface area contributed by atoms with E-state index >= 15 is 0 Å². The third-order valence-electron chi connectivity index (χ3n) is 3.40. The van der Waals surface area contributed by atoms with Crippen molar-refractivity contribution in [2.45, 2.75) is 6.54 Å². The average Bonchev–Trinajstić information content (AvgIpc) is 2.63. The molecule has 2 heterocycles. The van der Waals surface area contributed by atoms with Gasteiger partial charge in [0.05, 0.1) is 17.5 Å². The topological polar surface area (TPSA) is 92.1 Å². The fourth-order valence-corrected chi connectivity index (χ4v) is 2.25. The summed E-state index contributed by atoms with van der Waals surface area (Å²) in [5.41, 5.74) is 2.47. The lowest BCUT2D eigenvalue weighted by atomic mass is 10.1. The Hall–Kier alpha value is -3.35. The van der Waals surface area contributed by atoms with Crippen LogP contribution in [0.5, 0.6) is 0 Å². The van der Waals surface area contributed by atoms with Gasteiger partial charge in [-0.1, -0.05) is 12.1 Å². The normalized spacial score (nSPS) is 10.4. The number of carboxylic acids is 1. The molecule has 7 nitrogen and oxygen atoms in total. The Morgan fingerprint density at radius 3 is 2.75 bits per heavy atom. The molecule has 3 aromatic rings. The van der Waals surface area contributed by atoms with Gasteiger partial charge in [-0.05, 0) is 23.8 Å². The van der Waals surface area contributed by atoms with Gasteiger partial charge < -0.3 is 10.0 Å². The zero-order valence-corrected chi connectivity index (χ0v) is 13.0. The van der Waals surface area contributed by atoms with Crippen LogP contribution in [0.15, 0.2) is 55.1 Å². The molecular formula is C17H15N5O2. The van der Waals surface area contributed by atoms with E-state index in [4.69, 9.17) is 5.11 Å². The summed E-state index contributed by atoms with van der Waals surface area (Å²) in [7, 11) is 1.85. The molecule has 0 atom stereocenters. The van der Waals surface area contributed by atoms with Crippen LogP contribution in [0, 0.1) is 0 Å². The van der Waals surface area contributed by atoms with Crippen molar-refractivity contribution in [3.05, 3.63) is 66.2 Å². The Morgan fingerprint density at radius 2 is 2.00 bits per heavy atom. The molecular weight excluding hydrogens is 306 g/mol. The van der Waals surface area contributed by atoms with E-state index in [1.165, 1.54) is 0 Å². The van der Waals surface area contributed by atoms with Crippen molar-refractivity contribution in [2.75, 3.05) is 11.9 Å². The lowest BCUT2D eigenvalue weighted by molar-refractivity contribution is 0.0696. The first kappa shape index (κ1) is 15.5. The summed E-state index contributed by atoms with van der Waals surface area (Å²) in [6, 6.07) is 8.58. The van der Waals surface area contributed by atoms with E-state index in [1.54, 1.807) is 49.1 Å². The highest BCUT2D eigenvalue weighted by molar-refractivity contribution is 5.87. The van der Waals surface area contributed by atoms with Gasteiger partial charge in [-0.15, -0.1) is 0 Å². The Balaban J connectivity index is 1.82. The molecule has 0 unspecified atom stereocenters. The maximum Gasteiger partial charge on any atom is 0.335 e. The quantitative estimate of drug-likeness (QED) is 0.770. The van der Waals surface area contributed by atoms with E-state index in [1.807, 2.05) is 18.0 Å². The molecule has 0 saturated heterocycles. The van der Waals surface area contributed by atoms with Crippen molar-refractivity contribution in [3.8, 4) is 11.4 Å². The van der Waals surface area contributed by atoms with E-state index in [0.29, 0.717) is 23.9 Å². The van der Waals surface area contributed by atoms with Crippen molar-refractivity contribution in [1.29, 1.82) is 0 Å². The fraction of sp³-hybridized carbons (Fsp3) is 0.118. The molecule has 2 aromatic heterocycles. The third kappa shape index (κ3) is 3.52. The van der Waals surface area contributed by atoms with Crippen LogP contribution in [0.4, 0.5) is 5.95 Å². The predicted molar refractivity (Wildman–Crippen MR) is 88.6 cm³/mol. The molecule has 0 aliphatic heterocycles. The molecule has 0 spiro atoms. The van der Waals surface area contributed by atoms with Crippen molar-refractivity contribution in [3.63, 3.8) is 0 Å². The van der Waals surface area contributed by atoms with Crippen LogP contribution in [0.2, 0.25) is 0 Å². The summed E-state index contributed by atoms with van der Waals surface area (Å²) >= 11 is 0. The monoisotopic (exact) mass is 321 g/mol. The number of benzene rings is 1. The SMILES string of the molecule is CN(Cc1cccc(C(=O)O)c1)c1nccc(-c2cnccn2)n1. The lowest BCUT2D eigenvalue weighted by Crippen LogP contribution is -2.19. The van der Waals surface area contributed by atoms with Gasteiger partial charge in [-0.25, -0.2) is 14.8 Å². The van der Waals surface area contributed by atoms with Crippen molar-refractivity contribution in [2.24, 2.45) is 0 Å². The van der Waals surface area contributed by atoms with Gasteiger partial charge in [0, 0.05) is 32.2 Å². The largest absolute Gasteiger partial charge is 0.478 e. The van der Waals surface area contributed by atoms with Crippen LogP contribution < -0.4 is 4.90 Å². The molecule has 120 valence electrons. The fourth-order valence-electron chi connectivity index (χ4n) is 2.25.